The smallest absolute Gasteiger partial charge is 0.307 e. The molecular weight excluding hydrogens is 459 g/mol. The van der Waals surface area contributed by atoms with E-state index in [-0.39, 0.29) is 47.8 Å². The highest BCUT2D eigenvalue weighted by molar-refractivity contribution is 6.07. The second kappa shape index (κ2) is 10.7. The van der Waals surface area contributed by atoms with Crippen LogP contribution in [0.5, 0.6) is 0 Å². The summed E-state index contributed by atoms with van der Waals surface area (Å²) in [7, 11) is 0. The van der Waals surface area contributed by atoms with Crippen molar-refractivity contribution in [2.45, 2.75) is 97.2 Å². The topological polar surface area (TPSA) is 68.6 Å². The summed E-state index contributed by atoms with van der Waals surface area (Å²) in [5.74, 6) is -0.934. The maximum atomic E-state index is 14.0. The summed E-state index contributed by atoms with van der Waals surface area (Å²) in [6, 6.07) is 4.47. The second-order valence-corrected chi connectivity index (χ2v) is 11.5. The molecule has 0 spiro atoms. The van der Waals surface area contributed by atoms with Crippen molar-refractivity contribution in [1.82, 2.24) is 9.47 Å². The Morgan fingerprint density at radius 3 is 2.47 bits per heavy atom. The van der Waals surface area contributed by atoms with Crippen LogP contribution in [-0.4, -0.2) is 45.3 Å². The number of carbonyl (C=O) groups is 3. The fourth-order valence-corrected chi connectivity index (χ4v) is 6.01. The highest BCUT2D eigenvalue weighted by atomic mass is 19.1. The van der Waals surface area contributed by atoms with Gasteiger partial charge in [0.15, 0.2) is 5.78 Å². The second-order valence-electron chi connectivity index (χ2n) is 11.5. The van der Waals surface area contributed by atoms with Crippen LogP contribution in [0.15, 0.2) is 24.4 Å². The lowest BCUT2D eigenvalue weighted by Gasteiger charge is -2.35. The van der Waals surface area contributed by atoms with Gasteiger partial charge in [-0.3, -0.25) is 14.4 Å². The highest BCUT2D eigenvalue weighted by Gasteiger charge is 2.39. The molecule has 0 N–H and O–H groups in total. The van der Waals surface area contributed by atoms with Gasteiger partial charge in [0, 0.05) is 41.8 Å². The van der Waals surface area contributed by atoms with Gasteiger partial charge in [0.2, 0.25) is 5.91 Å². The minimum absolute atomic E-state index is 0.0392. The Balaban J connectivity index is 1.57. The molecule has 2 heterocycles. The Hall–Kier alpha value is -2.70. The number of rotatable bonds is 7. The molecule has 2 aromatic rings. The van der Waals surface area contributed by atoms with Gasteiger partial charge in [-0.05, 0) is 77.5 Å². The van der Waals surface area contributed by atoms with Gasteiger partial charge in [0.1, 0.15) is 11.4 Å². The first kappa shape index (κ1) is 26.4. The lowest BCUT2D eigenvalue weighted by Crippen LogP contribution is -2.45. The van der Waals surface area contributed by atoms with Gasteiger partial charge < -0.3 is 14.2 Å². The molecule has 1 amide bonds. The number of esters is 1. The Kier molecular flexibility index (Phi) is 7.86. The lowest BCUT2D eigenvalue weighted by atomic mass is 9.77. The Morgan fingerprint density at radius 1 is 1.08 bits per heavy atom. The third-order valence-corrected chi connectivity index (χ3v) is 7.63. The molecule has 7 heteroatoms. The molecule has 2 aliphatic rings. The molecule has 1 aromatic heterocycles. The fraction of sp³-hybridized carbons (Fsp3) is 0.621. The van der Waals surface area contributed by atoms with E-state index in [9.17, 15) is 18.8 Å². The summed E-state index contributed by atoms with van der Waals surface area (Å²) in [6.07, 6.45) is 8.94. The molecule has 1 aliphatic heterocycles. The van der Waals surface area contributed by atoms with E-state index in [0.717, 1.165) is 44.0 Å². The van der Waals surface area contributed by atoms with Crippen LogP contribution in [0, 0.1) is 17.7 Å². The van der Waals surface area contributed by atoms with Crippen LogP contribution in [0.3, 0.4) is 0 Å². The molecule has 4 rings (SSSR count). The first-order chi connectivity index (χ1) is 17.0. The maximum absolute atomic E-state index is 14.0. The molecule has 1 aliphatic carbocycles. The van der Waals surface area contributed by atoms with Gasteiger partial charge in [-0.2, -0.15) is 0 Å². The number of hydrogen-bond donors (Lipinski definition) is 0. The third-order valence-electron chi connectivity index (χ3n) is 7.63. The zero-order chi connectivity index (χ0) is 26.0. The molecule has 0 unspecified atom stereocenters. The first-order valence-corrected chi connectivity index (χ1v) is 13.3. The number of amides is 1. The highest BCUT2D eigenvalue weighted by Crippen LogP contribution is 2.36. The number of hydrogen-bond acceptors (Lipinski definition) is 4. The Labute approximate surface area is 213 Å². The van der Waals surface area contributed by atoms with E-state index in [1.54, 1.807) is 12.3 Å². The normalized spacial score (nSPS) is 20.0. The number of carbonyl (C=O) groups excluding carboxylic acids is 3. The van der Waals surface area contributed by atoms with Gasteiger partial charge >= 0.3 is 5.97 Å². The molecule has 36 heavy (non-hydrogen) atoms. The molecule has 196 valence electrons. The van der Waals surface area contributed by atoms with Crippen LogP contribution >= 0.6 is 0 Å². The minimum atomic E-state index is -0.587. The van der Waals surface area contributed by atoms with Crippen molar-refractivity contribution in [2.24, 2.45) is 11.8 Å². The van der Waals surface area contributed by atoms with Crippen molar-refractivity contribution in [3.63, 3.8) is 0 Å². The van der Waals surface area contributed by atoms with Crippen LogP contribution in [0.25, 0.3) is 10.9 Å². The number of fused-ring (bicyclic) bond motifs is 1. The predicted octanol–water partition coefficient (Wildman–Crippen LogP) is 5.90. The number of ketones is 1. The summed E-state index contributed by atoms with van der Waals surface area (Å²) >= 11 is 0. The SMILES string of the molecule is CC(=O)c1cn(C[C@@H]2CCCN2C(=O)[C@@H](CC(=O)OC(C)(C)C)C2CCCCC2)c2ccc(F)cc12. The van der Waals surface area contributed by atoms with Crippen molar-refractivity contribution >= 4 is 28.6 Å². The number of benzene rings is 1. The summed E-state index contributed by atoms with van der Waals surface area (Å²) in [6.45, 7) is 8.23. The van der Waals surface area contributed by atoms with E-state index in [1.807, 2.05) is 30.2 Å². The van der Waals surface area contributed by atoms with Crippen LogP contribution in [-0.2, 0) is 20.9 Å². The molecule has 1 saturated carbocycles. The minimum Gasteiger partial charge on any atom is -0.460 e. The summed E-state index contributed by atoms with van der Waals surface area (Å²) in [5, 5.41) is 0.600. The summed E-state index contributed by atoms with van der Waals surface area (Å²) in [5.41, 5.74) is 0.695. The standard InChI is InChI=1S/C29H39FN2O4/c1-19(33)25-18-31(26-13-12-21(30)15-24(25)26)17-22-11-8-14-32(22)28(35)23(20-9-6-5-7-10-20)16-27(34)36-29(2,3)4/h12-13,15,18,20,22-23H,5-11,14,16-17H2,1-4H3/t22-,23-/m0/s1. The Morgan fingerprint density at radius 2 is 1.81 bits per heavy atom. The van der Waals surface area contributed by atoms with E-state index < -0.39 is 5.60 Å². The molecule has 0 radical (unpaired) electrons. The predicted molar refractivity (Wildman–Crippen MR) is 137 cm³/mol. The summed E-state index contributed by atoms with van der Waals surface area (Å²) < 4.78 is 21.5. The molecule has 0 bridgehead atoms. The van der Waals surface area contributed by atoms with Gasteiger partial charge in [0.25, 0.3) is 0 Å². The third kappa shape index (κ3) is 5.98. The Bertz CT molecular complexity index is 1130. The van der Waals surface area contributed by atoms with Crippen LogP contribution in [0.2, 0.25) is 0 Å². The van der Waals surface area contributed by atoms with Gasteiger partial charge in [-0.1, -0.05) is 19.3 Å². The molecule has 1 saturated heterocycles. The van der Waals surface area contributed by atoms with Crippen LogP contribution < -0.4 is 0 Å². The quantitative estimate of drug-likeness (QED) is 0.352. The van der Waals surface area contributed by atoms with Crippen LogP contribution in [0.1, 0.15) is 89.4 Å². The van der Waals surface area contributed by atoms with Crippen molar-refractivity contribution in [1.29, 1.82) is 0 Å². The van der Waals surface area contributed by atoms with E-state index in [4.69, 9.17) is 4.74 Å². The number of aromatic nitrogens is 1. The van der Waals surface area contributed by atoms with E-state index >= 15 is 0 Å². The number of Topliss-reactive ketones (excluding diaryl/α,β-unsaturated/α-hetero) is 1. The van der Waals surface area contributed by atoms with E-state index in [0.29, 0.717) is 24.0 Å². The maximum Gasteiger partial charge on any atom is 0.307 e. The lowest BCUT2D eigenvalue weighted by molar-refractivity contribution is -0.160. The molecule has 2 fully saturated rings. The van der Waals surface area contributed by atoms with Crippen molar-refractivity contribution < 1.29 is 23.5 Å². The molecule has 1 aromatic carbocycles. The van der Waals surface area contributed by atoms with Crippen molar-refractivity contribution in [3.8, 4) is 0 Å². The number of ether oxygens (including phenoxy) is 1. The molecule has 6 nitrogen and oxygen atoms in total. The fourth-order valence-electron chi connectivity index (χ4n) is 6.01. The number of halogens is 1. The molecular formula is C29H39FN2O4. The largest absolute Gasteiger partial charge is 0.460 e. The van der Waals surface area contributed by atoms with Gasteiger partial charge in [-0.25, -0.2) is 4.39 Å². The monoisotopic (exact) mass is 498 g/mol. The average Bonchev–Trinajstić information content (AvgIpc) is 3.41. The van der Waals surface area contributed by atoms with Crippen molar-refractivity contribution in [3.05, 3.63) is 35.8 Å². The number of likely N-dealkylation sites (tertiary alicyclic amines) is 1. The average molecular weight is 499 g/mol. The first-order valence-electron chi connectivity index (χ1n) is 13.3. The summed E-state index contributed by atoms with van der Waals surface area (Å²) in [4.78, 5) is 40.9. The van der Waals surface area contributed by atoms with Gasteiger partial charge in [0.05, 0.1) is 12.3 Å². The number of nitrogens with zero attached hydrogens (tertiary/aromatic N) is 2. The van der Waals surface area contributed by atoms with Gasteiger partial charge in [-0.15, -0.1) is 0 Å². The van der Waals surface area contributed by atoms with E-state index in [1.165, 1.54) is 25.5 Å². The zero-order valence-corrected chi connectivity index (χ0v) is 22.0. The van der Waals surface area contributed by atoms with Crippen molar-refractivity contribution in [2.75, 3.05) is 6.54 Å². The zero-order valence-electron chi connectivity index (χ0n) is 22.0. The van der Waals surface area contributed by atoms with E-state index in [2.05, 4.69) is 0 Å². The van der Waals surface area contributed by atoms with Crippen LogP contribution in [0.4, 0.5) is 4.39 Å². The molecule has 2 atom stereocenters.